The Morgan fingerprint density at radius 3 is 2.60 bits per heavy atom. The Morgan fingerprint density at radius 2 is 1.93 bits per heavy atom. The van der Waals surface area contributed by atoms with Gasteiger partial charge in [0.15, 0.2) is 5.78 Å². The number of benzene rings is 1. The van der Waals surface area contributed by atoms with Crippen molar-refractivity contribution in [1.82, 2.24) is 0 Å². The van der Waals surface area contributed by atoms with Crippen LogP contribution in [0.4, 0.5) is 0 Å². The minimum Gasteiger partial charge on any atom is -0.289 e. The molecule has 1 aliphatic carbocycles. The fourth-order valence-corrected chi connectivity index (χ4v) is 1.86. The molecule has 0 bridgehead atoms. The molecule has 0 atom stereocenters. The summed E-state index contributed by atoms with van der Waals surface area (Å²) in [7, 11) is 0. The van der Waals surface area contributed by atoms with Gasteiger partial charge in [0, 0.05) is 5.56 Å². The van der Waals surface area contributed by atoms with Crippen LogP contribution in [-0.2, 0) is 4.79 Å². The largest absolute Gasteiger partial charge is 0.289 e. The molecule has 0 radical (unpaired) electrons. The van der Waals surface area contributed by atoms with Gasteiger partial charge in [0.1, 0.15) is 0 Å². The van der Waals surface area contributed by atoms with E-state index in [1.165, 1.54) is 5.56 Å². The molecule has 1 heteroatoms. The maximum absolute atomic E-state index is 11.6. The monoisotopic (exact) mass is 196 g/mol. The van der Waals surface area contributed by atoms with Crippen LogP contribution < -0.4 is 0 Å². The Kier molecular flexibility index (Phi) is 2.18. The van der Waals surface area contributed by atoms with Gasteiger partial charge >= 0.3 is 0 Å². The van der Waals surface area contributed by atoms with Crippen LogP contribution in [0.5, 0.6) is 0 Å². The number of ketones is 1. The summed E-state index contributed by atoms with van der Waals surface area (Å²) in [6.07, 6.45) is 3.43. The normalized spacial score (nSPS) is 13.7. The predicted octanol–water partition coefficient (Wildman–Crippen LogP) is 3.07. The zero-order valence-electron chi connectivity index (χ0n) is 8.92. The van der Waals surface area contributed by atoms with E-state index in [1.807, 2.05) is 26.0 Å². The van der Waals surface area contributed by atoms with Crippen molar-refractivity contribution in [3.8, 4) is 0 Å². The Morgan fingerprint density at radius 1 is 1.20 bits per heavy atom. The number of carbonyl (C=O) groups is 1. The fourth-order valence-electron chi connectivity index (χ4n) is 1.86. The molecule has 0 aliphatic heterocycles. The van der Waals surface area contributed by atoms with Crippen LogP contribution in [-0.4, -0.2) is 5.78 Å². The number of rotatable bonds is 0. The van der Waals surface area contributed by atoms with E-state index in [1.54, 1.807) is 6.08 Å². The van der Waals surface area contributed by atoms with Crippen molar-refractivity contribution in [2.75, 3.05) is 0 Å². The van der Waals surface area contributed by atoms with Crippen LogP contribution >= 0.6 is 0 Å². The van der Waals surface area contributed by atoms with Gasteiger partial charge in [0.05, 0.1) is 5.57 Å². The Hall–Kier alpha value is -1.85. The van der Waals surface area contributed by atoms with Gasteiger partial charge in [0.2, 0.25) is 0 Å². The molecule has 1 aliphatic rings. The molecule has 74 valence electrons. The standard InChI is InChI=1S/C14H12O/c1-4-12-13(15)8-7-11-6-5-9(2)10(3)14(11)12/h5-8H,1H2,2-3H3. The Balaban J connectivity index is 2.84. The lowest BCUT2D eigenvalue weighted by Crippen LogP contribution is -2.06. The minimum absolute atomic E-state index is 0.00815. The van der Waals surface area contributed by atoms with Gasteiger partial charge in [0.25, 0.3) is 0 Å². The number of allylic oxidation sites excluding steroid dienone is 2. The number of fused-ring (bicyclic) bond motifs is 1. The zero-order valence-corrected chi connectivity index (χ0v) is 8.92. The highest BCUT2D eigenvalue weighted by Gasteiger charge is 2.19. The molecule has 15 heavy (non-hydrogen) atoms. The molecule has 1 nitrogen and oxygen atoms in total. The second kappa shape index (κ2) is 3.38. The fraction of sp³-hybridized carbons (Fsp3) is 0.143. The maximum atomic E-state index is 11.6. The van der Waals surface area contributed by atoms with Crippen molar-refractivity contribution in [3.05, 3.63) is 52.8 Å². The smallest absolute Gasteiger partial charge is 0.194 e. The van der Waals surface area contributed by atoms with Crippen molar-refractivity contribution in [1.29, 1.82) is 0 Å². The third kappa shape index (κ3) is 1.38. The summed E-state index contributed by atoms with van der Waals surface area (Å²) in [6.45, 7) is 7.65. The van der Waals surface area contributed by atoms with E-state index < -0.39 is 0 Å². The summed E-state index contributed by atoms with van der Waals surface area (Å²) >= 11 is 0. The van der Waals surface area contributed by atoms with Crippen molar-refractivity contribution >= 4 is 17.4 Å². The van der Waals surface area contributed by atoms with Crippen LogP contribution in [0.2, 0.25) is 0 Å². The molecule has 0 saturated heterocycles. The van der Waals surface area contributed by atoms with E-state index in [9.17, 15) is 4.79 Å². The van der Waals surface area contributed by atoms with Crippen molar-refractivity contribution in [2.45, 2.75) is 13.8 Å². The summed E-state index contributed by atoms with van der Waals surface area (Å²) in [4.78, 5) is 11.6. The highest BCUT2D eigenvalue weighted by Crippen LogP contribution is 2.30. The molecule has 0 heterocycles. The van der Waals surface area contributed by atoms with E-state index in [4.69, 9.17) is 0 Å². The second-order valence-corrected chi connectivity index (χ2v) is 3.72. The number of aryl methyl sites for hydroxylation is 1. The van der Waals surface area contributed by atoms with Gasteiger partial charge in [-0.15, -0.1) is 5.73 Å². The molecular weight excluding hydrogens is 184 g/mol. The Labute approximate surface area is 89.4 Å². The molecule has 2 rings (SSSR count). The average Bonchev–Trinajstić information content (AvgIpc) is 2.24. The Bertz CT molecular complexity index is 527. The number of carbonyl (C=O) groups excluding carboxylic acids is 1. The summed E-state index contributed by atoms with van der Waals surface area (Å²) in [5.74, 6) is -0.00815. The van der Waals surface area contributed by atoms with E-state index in [0.29, 0.717) is 5.57 Å². The molecular formula is C14H12O. The van der Waals surface area contributed by atoms with E-state index >= 15 is 0 Å². The topological polar surface area (TPSA) is 17.1 Å². The molecule has 1 aromatic carbocycles. The number of hydrogen-bond acceptors (Lipinski definition) is 1. The van der Waals surface area contributed by atoms with Crippen molar-refractivity contribution in [2.24, 2.45) is 0 Å². The van der Waals surface area contributed by atoms with Gasteiger partial charge in [-0.3, -0.25) is 4.79 Å². The highest BCUT2D eigenvalue weighted by atomic mass is 16.1. The van der Waals surface area contributed by atoms with Crippen LogP contribution in [0.15, 0.2) is 30.5 Å². The van der Waals surface area contributed by atoms with Gasteiger partial charge in [-0.25, -0.2) is 0 Å². The maximum Gasteiger partial charge on any atom is 0.194 e. The molecule has 0 saturated carbocycles. The SMILES string of the molecule is C=C=C1C(=O)C=Cc2ccc(C)c(C)c21. The third-order valence-corrected chi connectivity index (χ3v) is 2.86. The average molecular weight is 196 g/mol. The van der Waals surface area contributed by atoms with Gasteiger partial charge < -0.3 is 0 Å². The lowest BCUT2D eigenvalue weighted by molar-refractivity contribution is -0.109. The molecule has 0 fully saturated rings. The quantitative estimate of drug-likeness (QED) is 0.460. The molecule has 0 amide bonds. The minimum atomic E-state index is -0.00815. The molecule has 1 aromatic rings. The lowest BCUT2D eigenvalue weighted by Gasteiger charge is -2.16. The summed E-state index contributed by atoms with van der Waals surface area (Å²) in [5.41, 5.74) is 7.71. The van der Waals surface area contributed by atoms with E-state index in [-0.39, 0.29) is 5.78 Å². The van der Waals surface area contributed by atoms with Crippen LogP contribution in [0.1, 0.15) is 22.3 Å². The van der Waals surface area contributed by atoms with Gasteiger partial charge in [-0.05, 0) is 36.6 Å². The first-order valence-corrected chi connectivity index (χ1v) is 4.88. The van der Waals surface area contributed by atoms with E-state index in [0.717, 1.165) is 16.7 Å². The molecule has 0 aromatic heterocycles. The van der Waals surface area contributed by atoms with Gasteiger partial charge in [-0.1, -0.05) is 24.8 Å². The second-order valence-electron chi connectivity index (χ2n) is 3.72. The van der Waals surface area contributed by atoms with Crippen LogP contribution in [0, 0.1) is 13.8 Å². The first-order chi connectivity index (χ1) is 7.15. The van der Waals surface area contributed by atoms with Crippen molar-refractivity contribution in [3.63, 3.8) is 0 Å². The molecule has 0 N–H and O–H groups in total. The van der Waals surface area contributed by atoms with E-state index in [2.05, 4.69) is 18.4 Å². The summed E-state index contributed by atoms with van der Waals surface area (Å²) < 4.78 is 0. The summed E-state index contributed by atoms with van der Waals surface area (Å²) in [6, 6.07) is 4.09. The van der Waals surface area contributed by atoms with Crippen molar-refractivity contribution < 1.29 is 4.79 Å². The first-order valence-electron chi connectivity index (χ1n) is 4.88. The highest BCUT2D eigenvalue weighted by molar-refractivity contribution is 6.29. The zero-order chi connectivity index (χ0) is 11.0. The van der Waals surface area contributed by atoms with Crippen LogP contribution in [0.3, 0.4) is 0 Å². The summed E-state index contributed by atoms with van der Waals surface area (Å²) in [5, 5.41) is 0. The molecule has 0 unspecified atom stereocenters. The first kappa shape index (κ1) is 9.70. The van der Waals surface area contributed by atoms with Gasteiger partial charge in [-0.2, -0.15) is 0 Å². The third-order valence-electron chi connectivity index (χ3n) is 2.86. The predicted molar refractivity (Wildman–Crippen MR) is 62.5 cm³/mol. The molecule has 0 spiro atoms. The lowest BCUT2D eigenvalue weighted by atomic mass is 9.87. The van der Waals surface area contributed by atoms with Crippen LogP contribution in [0.25, 0.3) is 11.6 Å². The number of hydrogen-bond donors (Lipinski definition) is 0.